The molecule has 0 spiro atoms. The molecule has 0 saturated carbocycles. The molecule has 1 aromatic heterocycles. The molecule has 0 saturated heterocycles. The normalized spacial score (nSPS) is 12.1. The molecule has 0 fully saturated rings. The highest BCUT2D eigenvalue weighted by atomic mass is 16.4. The molecule has 152 valence electrons. The van der Waals surface area contributed by atoms with Gasteiger partial charge in [-0.25, -0.2) is 4.79 Å². The van der Waals surface area contributed by atoms with Gasteiger partial charge in [-0.2, -0.15) is 0 Å². The van der Waals surface area contributed by atoms with Crippen molar-refractivity contribution >= 4 is 16.9 Å². The van der Waals surface area contributed by atoms with Crippen molar-refractivity contribution in [3.8, 4) is 11.1 Å². The third kappa shape index (κ3) is 4.58. The molecule has 0 aliphatic heterocycles. The molecule has 0 aliphatic rings. The first-order valence-corrected chi connectivity index (χ1v) is 10.4. The summed E-state index contributed by atoms with van der Waals surface area (Å²) in [4.78, 5) is 26.8. The molecule has 0 bridgehead atoms. The Kier molecular flexibility index (Phi) is 6.53. The number of aryl methyl sites for hydroxylation is 1. The Morgan fingerprint density at radius 1 is 1.07 bits per heavy atom. The predicted molar refractivity (Wildman–Crippen MR) is 118 cm³/mol. The van der Waals surface area contributed by atoms with E-state index in [0.717, 1.165) is 47.2 Å². The fourth-order valence-corrected chi connectivity index (χ4v) is 3.88. The molecule has 0 N–H and O–H groups in total. The van der Waals surface area contributed by atoms with Gasteiger partial charge in [-0.3, -0.25) is 4.79 Å². The highest BCUT2D eigenvalue weighted by Crippen LogP contribution is 2.30. The lowest BCUT2D eigenvalue weighted by Gasteiger charge is -2.24. The number of hydrogen-bond acceptors (Lipinski definition) is 3. The first-order chi connectivity index (χ1) is 13.9. The van der Waals surface area contributed by atoms with E-state index >= 15 is 0 Å². The topological polar surface area (TPSA) is 50.5 Å². The minimum Gasteiger partial charge on any atom is -0.423 e. The SMILES string of the molecule is CCCN(CC)C(=O)C(C)Cc1ccc2c(-c3ccccc3C)cc(=O)oc2c1. The van der Waals surface area contributed by atoms with Crippen LogP contribution in [0.25, 0.3) is 22.1 Å². The van der Waals surface area contributed by atoms with E-state index in [1.807, 2.05) is 68.1 Å². The number of nitrogens with zero attached hydrogens (tertiary/aromatic N) is 1. The third-order valence-corrected chi connectivity index (χ3v) is 5.39. The molecule has 3 aromatic rings. The average molecular weight is 392 g/mol. The standard InChI is InChI=1S/C25H29NO3/c1-5-13-26(6-2)25(28)18(4)14-19-11-12-21-22(16-24(27)29-23(21)15-19)20-10-8-7-9-17(20)3/h7-12,15-16,18H,5-6,13-14H2,1-4H3. The Labute approximate surface area is 172 Å². The maximum atomic E-state index is 12.7. The second kappa shape index (κ2) is 9.08. The van der Waals surface area contributed by atoms with Crippen LogP contribution in [-0.4, -0.2) is 23.9 Å². The summed E-state index contributed by atoms with van der Waals surface area (Å²) in [5, 5.41) is 0.905. The molecule has 0 radical (unpaired) electrons. The number of carbonyl (C=O) groups is 1. The van der Waals surface area contributed by atoms with E-state index in [1.54, 1.807) is 6.07 Å². The monoisotopic (exact) mass is 391 g/mol. The fourth-order valence-electron chi connectivity index (χ4n) is 3.88. The van der Waals surface area contributed by atoms with Crippen LogP contribution < -0.4 is 5.63 Å². The molecule has 29 heavy (non-hydrogen) atoms. The predicted octanol–water partition coefficient (Wildman–Crippen LogP) is 5.21. The first kappa shape index (κ1) is 20.8. The second-order valence-corrected chi connectivity index (χ2v) is 7.65. The number of benzene rings is 2. The molecular weight excluding hydrogens is 362 g/mol. The van der Waals surface area contributed by atoms with Gasteiger partial charge < -0.3 is 9.32 Å². The minimum atomic E-state index is -0.364. The van der Waals surface area contributed by atoms with E-state index in [-0.39, 0.29) is 17.5 Å². The van der Waals surface area contributed by atoms with Gasteiger partial charge in [0.05, 0.1) is 0 Å². The van der Waals surface area contributed by atoms with Crippen LogP contribution in [-0.2, 0) is 11.2 Å². The Bertz CT molecular complexity index is 1070. The van der Waals surface area contributed by atoms with Gasteiger partial charge >= 0.3 is 5.63 Å². The smallest absolute Gasteiger partial charge is 0.336 e. The highest BCUT2D eigenvalue weighted by Gasteiger charge is 2.19. The van der Waals surface area contributed by atoms with Crippen molar-refractivity contribution in [3.05, 3.63) is 70.1 Å². The van der Waals surface area contributed by atoms with Crippen molar-refractivity contribution in [2.45, 2.75) is 40.5 Å². The van der Waals surface area contributed by atoms with E-state index in [4.69, 9.17) is 4.42 Å². The van der Waals surface area contributed by atoms with Gasteiger partial charge in [-0.05, 0) is 49.4 Å². The van der Waals surface area contributed by atoms with Crippen LogP contribution in [0, 0.1) is 12.8 Å². The zero-order valence-corrected chi connectivity index (χ0v) is 17.7. The first-order valence-electron chi connectivity index (χ1n) is 10.4. The summed E-state index contributed by atoms with van der Waals surface area (Å²) in [6.07, 6.45) is 1.57. The van der Waals surface area contributed by atoms with Crippen molar-refractivity contribution < 1.29 is 9.21 Å². The number of amides is 1. The summed E-state index contributed by atoms with van der Waals surface area (Å²) in [6, 6.07) is 15.5. The van der Waals surface area contributed by atoms with Gasteiger partial charge in [0.1, 0.15) is 5.58 Å². The molecular formula is C25H29NO3. The van der Waals surface area contributed by atoms with Crippen LogP contribution in [0.2, 0.25) is 0 Å². The molecule has 2 aromatic carbocycles. The van der Waals surface area contributed by atoms with Gasteiger partial charge in [0.2, 0.25) is 5.91 Å². The van der Waals surface area contributed by atoms with E-state index in [1.165, 1.54) is 0 Å². The number of hydrogen-bond donors (Lipinski definition) is 0. The summed E-state index contributed by atoms with van der Waals surface area (Å²) in [5.74, 6) is 0.0507. The molecule has 1 unspecified atom stereocenters. The van der Waals surface area contributed by atoms with E-state index in [0.29, 0.717) is 12.0 Å². The zero-order chi connectivity index (χ0) is 21.0. The van der Waals surface area contributed by atoms with E-state index in [2.05, 4.69) is 6.92 Å². The highest BCUT2D eigenvalue weighted by molar-refractivity contribution is 5.94. The van der Waals surface area contributed by atoms with Crippen molar-refractivity contribution in [1.29, 1.82) is 0 Å². The Morgan fingerprint density at radius 3 is 2.52 bits per heavy atom. The number of rotatable bonds is 7. The molecule has 1 amide bonds. The molecule has 1 heterocycles. The van der Waals surface area contributed by atoms with Gasteiger partial charge in [0, 0.05) is 36.0 Å². The minimum absolute atomic E-state index is 0.120. The van der Waals surface area contributed by atoms with Crippen LogP contribution in [0.15, 0.2) is 57.7 Å². The number of fused-ring (bicyclic) bond motifs is 1. The summed E-state index contributed by atoms with van der Waals surface area (Å²) in [7, 11) is 0. The van der Waals surface area contributed by atoms with Gasteiger partial charge in [-0.1, -0.05) is 50.2 Å². The number of carbonyl (C=O) groups excluding carboxylic acids is 1. The Hall–Kier alpha value is -2.88. The van der Waals surface area contributed by atoms with Crippen molar-refractivity contribution in [2.75, 3.05) is 13.1 Å². The maximum absolute atomic E-state index is 12.7. The van der Waals surface area contributed by atoms with Crippen molar-refractivity contribution in [2.24, 2.45) is 5.92 Å². The van der Waals surface area contributed by atoms with Gasteiger partial charge in [0.15, 0.2) is 0 Å². The Morgan fingerprint density at radius 2 is 1.83 bits per heavy atom. The summed E-state index contributed by atoms with van der Waals surface area (Å²) >= 11 is 0. The summed E-state index contributed by atoms with van der Waals surface area (Å²) in [5.41, 5.74) is 4.21. The Balaban J connectivity index is 1.94. The molecule has 0 aliphatic carbocycles. The van der Waals surface area contributed by atoms with E-state index < -0.39 is 0 Å². The zero-order valence-electron chi connectivity index (χ0n) is 17.7. The van der Waals surface area contributed by atoms with Gasteiger partial charge in [0.25, 0.3) is 0 Å². The fraction of sp³-hybridized carbons (Fsp3) is 0.360. The lowest BCUT2D eigenvalue weighted by Crippen LogP contribution is -2.36. The third-order valence-electron chi connectivity index (χ3n) is 5.39. The lowest BCUT2D eigenvalue weighted by molar-refractivity contribution is -0.134. The van der Waals surface area contributed by atoms with Crippen LogP contribution in [0.1, 0.15) is 38.3 Å². The second-order valence-electron chi connectivity index (χ2n) is 7.65. The van der Waals surface area contributed by atoms with Crippen LogP contribution in [0.4, 0.5) is 0 Å². The lowest BCUT2D eigenvalue weighted by atomic mass is 9.95. The molecule has 4 heteroatoms. The van der Waals surface area contributed by atoms with Crippen LogP contribution in [0.5, 0.6) is 0 Å². The van der Waals surface area contributed by atoms with Gasteiger partial charge in [-0.15, -0.1) is 0 Å². The molecule has 4 nitrogen and oxygen atoms in total. The summed E-state index contributed by atoms with van der Waals surface area (Å²) < 4.78 is 5.50. The van der Waals surface area contributed by atoms with Crippen LogP contribution >= 0.6 is 0 Å². The quantitative estimate of drug-likeness (QED) is 0.520. The van der Waals surface area contributed by atoms with Crippen molar-refractivity contribution in [1.82, 2.24) is 4.90 Å². The largest absolute Gasteiger partial charge is 0.423 e. The maximum Gasteiger partial charge on any atom is 0.336 e. The average Bonchev–Trinajstić information content (AvgIpc) is 2.71. The summed E-state index contributed by atoms with van der Waals surface area (Å²) in [6.45, 7) is 9.60. The van der Waals surface area contributed by atoms with E-state index in [9.17, 15) is 9.59 Å². The molecule has 3 rings (SSSR count). The molecule has 1 atom stereocenters. The van der Waals surface area contributed by atoms with Crippen LogP contribution in [0.3, 0.4) is 0 Å². The van der Waals surface area contributed by atoms with Crippen molar-refractivity contribution in [3.63, 3.8) is 0 Å².